The van der Waals surface area contributed by atoms with Crippen molar-refractivity contribution in [2.75, 3.05) is 13.2 Å². The molecule has 8 heteroatoms. The summed E-state index contributed by atoms with van der Waals surface area (Å²) in [7, 11) is 0. The molecule has 176 valence electrons. The van der Waals surface area contributed by atoms with Gasteiger partial charge in [-0.15, -0.1) is 0 Å². The van der Waals surface area contributed by atoms with Crippen LogP contribution in [0.25, 0.3) is 6.08 Å². The number of nitrogens with zero attached hydrogens (tertiary/aromatic N) is 2. The summed E-state index contributed by atoms with van der Waals surface area (Å²) in [5.41, 5.74) is 1.90. The van der Waals surface area contributed by atoms with E-state index in [0.717, 1.165) is 17.7 Å². The molecule has 0 bridgehead atoms. The van der Waals surface area contributed by atoms with Crippen LogP contribution in [0.1, 0.15) is 44.4 Å². The van der Waals surface area contributed by atoms with Crippen LogP contribution in [0.5, 0.6) is 5.75 Å². The van der Waals surface area contributed by atoms with Crippen molar-refractivity contribution in [1.29, 1.82) is 0 Å². The Morgan fingerprint density at radius 2 is 1.85 bits per heavy atom. The molecule has 4 rings (SSSR count). The predicted octanol–water partition coefficient (Wildman–Crippen LogP) is 3.73. The second-order valence-corrected chi connectivity index (χ2v) is 8.78. The Balaban J connectivity index is 1.83. The average Bonchev–Trinajstić information content (AvgIpc) is 3.12. The smallest absolute Gasteiger partial charge is 0.338 e. The van der Waals surface area contributed by atoms with Gasteiger partial charge in [-0.05, 0) is 61.7 Å². The minimum absolute atomic E-state index is 0.189. The summed E-state index contributed by atoms with van der Waals surface area (Å²) < 4.78 is 26.5. The predicted molar refractivity (Wildman–Crippen MR) is 129 cm³/mol. The second-order valence-electron chi connectivity index (χ2n) is 7.77. The lowest BCUT2D eigenvalue weighted by Gasteiger charge is -2.24. The summed E-state index contributed by atoms with van der Waals surface area (Å²) in [5.74, 6) is -0.178. The number of hydrogen-bond acceptors (Lipinski definition) is 6. The SMILES string of the molecule is CCCOc1ccc(/C=c2\sc3n(c2=O)[C@H](c2ccc(F)cc2)C(C(=O)OCC)=C(C)N=3)cc1. The Bertz CT molecular complexity index is 1400. The minimum atomic E-state index is -0.761. The first-order valence-corrected chi connectivity index (χ1v) is 11.9. The van der Waals surface area contributed by atoms with E-state index in [1.807, 2.05) is 31.2 Å². The van der Waals surface area contributed by atoms with Crippen LogP contribution >= 0.6 is 11.3 Å². The lowest BCUT2D eigenvalue weighted by molar-refractivity contribution is -0.139. The number of allylic oxidation sites excluding steroid dienone is 1. The molecule has 6 nitrogen and oxygen atoms in total. The number of hydrogen-bond donors (Lipinski definition) is 0. The third-order valence-corrected chi connectivity index (χ3v) is 6.34. The Morgan fingerprint density at radius 1 is 1.15 bits per heavy atom. The van der Waals surface area contributed by atoms with Crippen LogP contribution in [-0.2, 0) is 9.53 Å². The van der Waals surface area contributed by atoms with Crippen LogP contribution in [0.3, 0.4) is 0 Å². The molecule has 0 unspecified atom stereocenters. The number of aromatic nitrogens is 1. The van der Waals surface area contributed by atoms with Crippen molar-refractivity contribution in [2.24, 2.45) is 4.99 Å². The molecule has 1 aliphatic heterocycles. The third-order valence-electron chi connectivity index (χ3n) is 5.35. The topological polar surface area (TPSA) is 69.9 Å². The van der Waals surface area contributed by atoms with Gasteiger partial charge >= 0.3 is 5.97 Å². The Labute approximate surface area is 200 Å². The molecule has 0 spiro atoms. The number of carbonyl (C=O) groups excluding carboxylic acids is 1. The fourth-order valence-electron chi connectivity index (χ4n) is 3.78. The first kappa shape index (κ1) is 23.6. The fraction of sp³-hybridized carbons (Fsp3) is 0.269. The van der Waals surface area contributed by atoms with Crippen molar-refractivity contribution in [3.63, 3.8) is 0 Å². The molecular formula is C26H25FN2O4S. The number of benzene rings is 2. The van der Waals surface area contributed by atoms with Gasteiger partial charge in [-0.3, -0.25) is 9.36 Å². The maximum atomic E-state index is 13.6. The number of esters is 1. The van der Waals surface area contributed by atoms with Gasteiger partial charge in [-0.1, -0.05) is 42.5 Å². The highest BCUT2D eigenvalue weighted by Crippen LogP contribution is 2.30. The largest absolute Gasteiger partial charge is 0.494 e. The fourth-order valence-corrected chi connectivity index (χ4v) is 4.83. The number of rotatable bonds is 7. The normalized spacial score (nSPS) is 15.6. The van der Waals surface area contributed by atoms with Crippen LogP contribution in [0.4, 0.5) is 4.39 Å². The molecule has 1 aromatic heterocycles. The summed E-state index contributed by atoms with van der Waals surface area (Å²) in [5, 5.41) is 0. The van der Waals surface area contributed by atoms with E-state index in [1.165, 1.54) is 28.0 Å². The number of fused-ring (bicyclic) bond motifs is 1. The molecule has 34 heavy (non-hydrogen) atoms. The zero-order chi connectivity index (χ0) is 24.2. The quantitative estimate of drug-likeness (QED) is 0.484. The minimum Gasteiger partial charge on any atom is -0.494 e. The molecule has 1 atom stereocenters. The van der Waals surface area contributed by atoms with Gasteiger partial charge in [0.15, 0.2) is 4.80 Å². The lowest BCUT2D eigenvalue weighted by atomic mass is 9.96. The summed E-state index contributed by atoms with van der Waals surface area (Å²) >= 11 is 1.24. The van der Waals surface area contributed by atoms with Crippen LogP contribution in [0.2, 0.25) is 0 Å². The molecule has 2 aromatic carbocycles. The van der Waals surface area contributed by atoms with E-state index >= 15 is 0 Å². The number of halogens is 1. The van der Waals surface area contributed by atoms with Crippen molar-refractivity contribution in [3.8, 4) is 5.75 Å². The van der Waals surface area contributed by atoms with Crippen molar-refractivity contribution in [1.82, 2.24) is 4.57 Å². The number of ether oxygens (including phenoxy) is 2. The lowest BCUT2D eigenvalue weighted by Crippen LogP contribution is -2.39. The molecule has 0 saturated heterocycles. The molecule has 0 amide bonds. The zero-order valence-corrected chi connectivity index (χ0v) is 20.0. The highest BCUT2D eigenvalue weighted by Gasteiger charge is 2.33. The van der Waals surface area contributed by atoms with Crippen LogP contribution < -0.4 is 19.6 Å². The molecule has 0 fully saturated rings. The van der Waals surface area contributed by atoms with E-state index in [9.17, 15) is 14.0 Å². The first-order valence-electron chi connectivity index (χ1n) is 11.1. The summed E-state index contributed by atoms with van der Waals surface area (Å²) in [6.45, 7) is 6.31. The zero-order valence-electron chi connectivity index (χ0n) is 19.2. The molecule has 0 N–H and O–H groups in total. The maximum absolute atomic E-state index is 13.6. The number of thiazole rings is 1. The van der Waals surface area contributed by atoms with Gasteiger partial charge in [-0.2, -0.15) is 0 Å². The molecule has 0 aliphatic carbocycles. The van der Waals surface area contributed by atoms with E-state index in [1.54, 1.807) is 32.1 Å². The standard InChI is InChI=1S/C26H25FN2O4S/c1-4-14-33-20-12-6-17(7-13-20)15-21-24(30)29-23(18-8-10-19(27)11-9-18)22(25(31)32-5-2)16(3)28-26(29)34-21/h6-13,15,23H,4-5,14H2,1-3H3/b21-15-/t23-/m1/s1. The van der Waals surface area contributed by atoms with Gasteiger partial charge in [0.25, 0.3) is 5.56 Å². The van der Waals surface area contributed by atoms with Crippen LogP contribution in [0, 0.1) is 5.82 Å². The average molecular weight is 481 g/mol. The Hall–Kier alpha value is -3.52. The van der Waals surface area contributed by atoms with Crippen molar-refractivity contribution < 1.29 is 18.7 Å². The Kier molecular flexibility index (Phi) is 7.07. The van der Waals surface area contributed by atoms with Crippen LogP contribution in [0.15, 0.2) is 69.6 Å². The van der Waals surface area contributed by atoms with Gasteiger partial charge in [-0.25, -0.2) is 14.2 Å². The first-order chi connectivity index (χ1) is 16.4. The van der Waals surface area contributed by atoms with E-state index in [4.69, 9.17) is 9.47 Å². The maximum Gasteiger partial charge on any atom is 0.338 e. The van der Waals surface area contributed by atoms with Crippen LogP contribution in [-0.4, -0.2) is 23.8 Å². The Morgan fingerprint density at radius 3 is 2.50 bits per heavy atom. The molecule has 3 aromatic rings. The van der Waals surface area contributed by atoms with E-state index < -0.39 is 17.8 Å². The highest BCUT2D eigenvalue weighted by molar-refractivity contribution is 7.07. The molecule has 1 aliphatic rings. The van der Waals surface area contributed by atoms with Crippen molar-refractivity contribution in [2.45, 2.75) is 33.2 Å². The van der Waals surface area contributed by atoms with Gasteiger partial charge in [0.1, 0.15) is 11.6 Å². The molecule has 2 heterocycles. The van der Waals surface area contributed by atoms with Gasteiger partial charge < -0.3 is 9.47 Å². The summed E-state index contributed by atoms with van der Waals surface area (Å²) in [6, 6.07) is 12.5. The van der Waals surface area contributed by atoms with Gasteiger partial charge in [0.2, 0.25) is 0 Å². The molecular weight excluding hydrogens is 455 g/mol. The van der Waals surface area contributed by atoms with E-state index in [0.29, 0.717) is 27.2 Å². The van der Waals surface area contributed by atoms with Gasteiger partial charge in [0.05, 0.1) is 35.1 Å². The highest BCUT2D eigenvalue weighted by atomic mass is 32.1. The molecule has 0 saturated carbocycles. The summed E-state index contributed by atoms with van der Waals surface area (Å²) in [4.78, 5) is 31.4. The van der Waals surface area contributed by atoms with E-state index in [2.05, 4.69) is 4.99 Å². The van der Waals surface area contributed by atoms with Crippen molar-refractivity contribution in [3.05, 3.63) is 96.4 Å². The second kappa shape index (κ2) is 10.2. The molecule has 0 radical (unpaired) electrons. The third kappa shape index (κ3) is 4.72. The van der Waals surface area contributed by atoms with Gasteiger partial charge in [0, 0.05) is 0 Å². The van der Waals surface area contributed by atoms with Crippen molar-refractivity contribution >= 4 is 23.4 Å². The number of carbonyl (C=O) groups is 1. The summed E-state index contributed by atoms with van der Waals surface area (Å²) in [6.07, 6.45) is 2.71. The van der Waals surface area contributed by atoms with E-state index in [-0.39, 0.29) is 17.7 Å². The monoisotopic (exact) mass is 480 g/mol.